The maximum atomic E-state index is 6.00. The van der Waals surface area contributed by atoms with Crippen LogP contribution in [0.25, 0.3) is 0 Å². The molecular formula is C11H14BrNS. The molecule has 0 aromatic heterocycles. The second-order valence-corrected chi connectivity index (χ2v) is 5.91. The lowest BCUT2D eigenvalue weighted by Gasteiger charge is -2.11. The molecule has 2 rings (SSSR count). The fraction of sp³-hybridized carbons (Fsp3) is 0.455. The molecule has 0 saturated carbocycles. The maximum Gasteiger partial charge on any atom is 0.0491 e. The second-order valence-electron chi connectivity index (χ2n) is 3.65. The first-order valence-corrected chi connectivity index (χ1v) is 6.76. The summed E-state index contributed by atoms with van der Waals surface area (Å²) < 4.78 is 1.03. The summed E-state index contributed by atoms with van der Waals surface area (Å²) in [6.07, 6.45) is 3.83. The minimum atomic E-state index is 0.784. The largest absolute Gasteiger partial charge is 0.398 e. The van der Waals surface area contributed by atoms with Gasteiger partial charge in [0.15, 0.2) is 0 Å². The molecule has 0 bridgehead atoms. The van der Waals surface area contributed by atoms with Gasteiger partial charge < -0.3 is 5.73 Å². The third kappa shape index (κ3) is 2.26. The van der Waals surface area contributed by atoms with Crippen molar-refractivity contribution in [3.8, 4) is 0 Å². The first-order chi connectivity index (χ1) is 6.77. The lowest BCUT2D eigenvalue weighted by Crippen LogP contribution is -2.05. The van der Waals surface area contributed by atoms with Crippen LogP contribution in [-0.4, -0.2) is 11.0 Å². The van der Waals surface area contributed by atoms with Crippen molar-refractivity contribution in [1.82, 2.24) is 0 Å². The highest BCUT2D eigenvalue weighted by atomic mass is 79.9. The van der Waals surface area contributed by atoms with Crippen LogP contribution in [0.1, 0.15) is 18.4 Å². The van der Waals surface area contributed by atoms with Gasteiger partial charge in [-0.15, -0.1) is 0 Å². The van der Waals surface area contributed by atoms with Crippen molar-refractivity contribution < 1.29 is 0 Å². The van der Waals surface area contributed by atoms with Crippen LogP contribution in [0.2, 0.25) is 0 Å². The van der Waals surface area contributed by atoms with Crippen LogP contribution in [0.4, 0.5) is 5.69 Å². The van der Waals surface area contributed by atoms with Gasteiger partial charge in [0.2, 0.25) is 0 Å². The molecule has 1 heterocycles. The molecule has 1 unspecified atom stereocenters. The Morgan fingerprint density at radius 2 is 2.36 bits per heavy atom. The minimum absolute atomic E-state index is 0.784. The summed E-state index contributed by atoms with van der Waals surface area (Å²) >= 11 is 5.54. The van der Waals surface area contributed by atoms with E-state index in [0.29, 0.717) is 0 Å². The number of nitrogen functional groups attached to an aromatic ring is 1. The molecule has 2 N–H and O–H groups in total. The van der Waals surface area contributed by atoms with Crippen LogP contribution in [0.3, 0.4) is 0 Å². The van der Waals surface area contributed by atoms with E-state index in [9.17, 15) is 0 Å². The second kappa shape index (κ2) is 4.58. The number of hydrogen-bond donors (Lipinski definition) is 1. The predicted octanol–water partition coefficient (Wildman–Crippen LogP) is 3.47. The van der Waals surface area contributed by atoms with E-state index in [4.69, 9.17) is 5.73 Å². The molecule has 1 fully saturated rings. The van der Waals surface area contributed by atoms with Crippen molar-refractivity contribution in [3.63, 3.8) is 0 Å². The molecule has 0 radical (unpaired) electrons. The number of thioether (sulfide) groups is 1. The summed E-state index contributed by atoms with van der Waals surface area (Å²) in [7, 11) is 0. The number of benzene rings is 1. The van der Waals surface area contributed by atoms with Crippen molar-refractivity contribution in [2.24, 2.45) is 0 Å². The normalized spacial score (nSPS) is 21.4. The number of nitrogens with two attached hydrogens (primary N) is 1. The van der Waals surface area contributed by atoms with Gasteiger partial charge in [0.05, 0.1) is 0 Å². The molecule has 1 aromatic carbocycles. The van der Waals surface area contributed by atoms with Crippen LogP contribution in [0.15, 0.2) is 22.7 Å². The minimum Gasteiger partial charge on any atom is -0.398 e. The lowest BCUT2D eigenvalue weighted by atomic mass is 10.1. The van der Waals surface area contributed by atoms with Crippen molar-refractivity contribution in [3.05, 3.63) is 28.2 Å². The van der Waals surface area contributed by atoms with E-state index in [1.165, 1.54) is 24.2 Å². The molecule has 1 aromatic rings. The van der Waals surface area contributed by atoms with E-state index >= 15 is 0 Å². The molecule has 0 spiro atoms. The molecule has 1 nitrogen and oxygen atoms in total. The monoisotopic (exact) mass is 271 g/mol. The Balaban J connectivity index is 2.11. The molecule has 3 heteroatoms. The van der Waals surface area contributed by atoms with Crippen molar-refractivity contribution in [2.45, 2.75) is 24.5 Å². The predicted molar refractivity (Wildman–Crippen MR) is 67.7 cm³/mol. The highest BCUT2D eigenvalue weighted by Crippen LogP contribution is 2.32. The summed E-state index contributed by atoms with van der Waals surface area (Å²) in [5.41, 5.74) is 8.21. The molecule has 76 valence electrons. The van der Waals surface area contributed by atoms with Crippen LogP contribution in [0, 0.1) is 0 Å². The van der Waals surface area contributed by atoms with E-state index in [0.717, 1.165) is 21.8 Å². The zero-order chi connectivity index (χ0) is 9.97. The van der Waals surface area contributed by atoms with Gasteiger partial charge in [-0.05, 0) is 52.6 Å². The quantitative estimate of drug-likeness (QED) is 0.834. The molecule has 1 saturated heterocycles. The molecule has 14 heavy (non-hydrogen) atoms. The number of hydrogen-bond acceptors (Lipinski definition) is 2. The van der Waals surface area contributed by atoms with Crippen LogP contribution >= 0.6 is 27.7 Å². The first kappa shape index (κ1) is 10.4. The van der Waals surface area contributed by atoms with E-state index in [1.807, 2.05) is 6.07 Å². The average Bonchev–Trinajstić information content (AvgIpc) is 2.66. The Bertz CT molecular complexity index is 321. The van der Waals surface area contributed by atoms with E-state index < -0.39 is 0 Å². The van der Waals surface area contributed by atoms with Crippen LogP contribution < -0.4 is 5.73 Å². The first-order valence-electron chi connectivity index (χ1n) is 4.92. The van der Waals surface area contributed by atoms with E-state index in [2.05, 4.69) is 39.8 Å². The fourth-order valence-corrected chi connectivity index (χ4v) is 3.51. The molecule has 0 aliphatic carbocycles. The molecule has 1 aliphatic heterocycles. The third-order valence-corrected chi connectivity index (χ3v) is 4.70. The average molecular weight is 272 g/mol. The third-order valence-electron chi connectivity index (χ3n) is 2.61. The van der Waals surface area contributed by atoms with Gasteiger partial charge in [-0.3, -0.25) is 0 Å². The summed E-state index contributed by atoms with van der Waals surface area (Å²) in [4.78, 5) is 0. The smallest absolute Gasteiger partial charge is 0.0491 e. The summed E-state index contributed by atoms with van der Waals surface area (Å²) in [6, 6.07) is 6.20. The Morgan fingerprint density at radius 3 is 3.07 bits per heavy atom. The summed E-state index contributed by atoms with van der Waals surface area (Å²) in [5.74, 6) is 1.32. The van der Waals surface area contributed by atoms with Gasteiger partial charge in [-0.2, -0.15) is 11.8 Å². The van der Waals surface area contributed by atoms with E-state index in [1.54, 1.807) is 0 Å². The standard InChI is InChI=1S/C11H14BrNS/c12-10-5-1-3-8(11(10)13)7-9-4-2-6-14-9/h1,3,5,9H,2,4,6-7,13H2. The van der Waals surface area contributed by atoms with Crippen LogP contribution in [0.5, 0.6) is 0 Å². The van der Waals surface area contributed by atoms with Gasteiger partial charge in [0.25, 0.3) is 0 Å². The highest BCUT2D eigenvalue weighted by molar-refractivity contribution is 9.10. The zero-order valence-electron chi connectivity index (χ0n) is 8.00. The fourth-order valence-electron chi connectivity index (χ4n) is 1.81. The zero-order valence-corrected chi connectivity index (χ0v) is 10.4. The van der Waals surface area contributed by atoms with E-state index in [-0.39, 0.29) is 0 Å². The summed E-state index contributed by atoms with van der Waals surface area (Å²) in [5, 5.41) is 0.784. The van der Waals surface area contributed by atoms with Gasteiger partial charge in [-0.1, -0.05) is 12.1 Å². The number of anilines is 1. The number of para-hydroxylation sites is 1. The number of halogens is 1. The molecular weight excluding hydrogens is 258 g/mol. The van der Waals surface area contributed by atoms with Gasteiger partial charge in [-0.25, -0.2) is 0 Å². The topological polar surface area (TPSA) is 26.0 Å². The Morgan fingerprint density at radius 1 is 1.50 bits per heavy atom. The van der Waals surface area contributed by atoms with Crippen molar-refractivity contribution >= 4 is 33.4 Å². The number of rotatable bonds is 2. The highest BCUT2D eigenvalue weighted by Gasteiger charge is 2.17. The van der Waals surface area contributed by atoms with Gasteiger partial charge in [0.1, 0.15) is 0 Å². The Hall–Kier alpha value is -0.150. The maximum absolute atomic E-state index is 6.00. The van der Waals surface area contributed by atoms with Gasteiger partial charge in [0, 0.05) is 15.4 Å². The Kier molecular flexibility index (Phi) is 3.39. The molecule has 1 atom stereocenters. The van der Waals surface area contributed by atoms with Crippen molar-refractivity contribution in [1.29, 1.82) is 0 Å². The SMILES string of the molecule is Nc1c(Br)cccc1CC1CCCS1. The van der Waals surface area contributed by atoms with Crippen molar-refractivity contribution in [2.75, 3.05) is 11.5 Å². The van der Waals surface area contributed by atoms with Crippen LogP contribution in [-0.2, 0) is 6.42 Å². The summed E-state index contributed by atoms with van der Waals surface area (Å²) in [6.45, 7) is 0. The lowest BCUT2D eigenvalue weighted by molar-refractivity contribution is 0.778. The molecule has 1 aliphatic rings. The van der Waals surface area contributed by atoms with Gasteiger partial charge >= 0.3 is 0 Å². The molecule has 0 amide bonds. The Labute approximate surface area is 97.6 Å².